The number of aromatic amines is 1. The number of nitrogens with zero attached hydrogens (tertiary/aromatic N) is 1. The Bertz CT molecular complexity index is 191. The fourth-order valence-electron chi connectivity index (χ4n) is 1.39. The third-order valence-electron chi connectivity index (χ3n) is 1.91. The molecule has 1 atom stereocenters. The van der Waals surface area contributed by atoms with E-state index in [1.807, 2.05) is 6.20 Å². The number of nitrogens with one attached hydrogen (secondary N) is 2. The highest BCUT2D eigenvalue weighted by Crippen LogP contribution is 2.18. The zero-order chi connectivity index (χ0) is 6.81. The van der Waals surface area contributed by atoms with Gasteiger partial charge in [0, 0.05) is 12.4 Å². The lowest BCUT2D eigenvalue weighted by Crippen LogP contribution is -2.13. The van der Waals surface area contributed by atoms with Crippen LogP contribution in [0.5, 0.6) is 0 Å². The van der Waals surface area contributed by atoms with Crippen LogP contribution in [0.2, 0.25) is 0 Å². The monoisotopic (exact) mass is 173 g/mol. The first-order chi connectivity index (χ1) is 4.97. The van der Waals surface area contributed by atoms with Crippen LogP contribution in [0.25, 0.3) is 0 Å². The van der Waals surface area contributed by atoms with Gasteiger partial charge in [-0.25, -0.2) is 4.98 Å². The molecule has 1 saturated heterocycles. The Hall–Kier alpha value is -0.540. The van der Waals surface area contributed by atoms with Gasteiger partial charge in [0.05, 0.1) is 6.04 Å². The number of imidazole rings is 1. The minimum Gasteiger partial charge on any atom is -0.347 e. The molecule has 1 aliphatic heterocycles. The van der Waals surface area contributed by atoms with Crippen molar-refractivity contribution in [2.45, 2.75) is 18.9 Å². The standard InChI is InChI=1S/C7H11N3.ClH/c1-2-6(8-3-1)7-9-4-5-10-7;/h4-6,8H,1-3H2,(H,9,10);1H. The number of aromatic nitrogens is 2. The van der Waals surface area contributed by atoms with E-state index in [4.69, 9.17) is 0 Å². The molecule has 1 aromatic heterocycles. The van der Waals surface area contributed by atoms with Crippen molar-refractivity contribution in [1.82, 2.24) is 15.3 Å². The van der Waals surface area contributed by atoms with E-state index < -0.39 is 0 Å². The summed E-state index contributed by atoms with van der Waals surface area (Å²) < 4.78 is 0. The van der Waals surface area contributed by atoms with Gasteiger partial charge >= 0.3 is 0 Å². The van der Waals surface area contributed by atoms with Gasteiger partial charge in [-0.15, -0.1) is 12.4 Å². The average molecular weight is 174 g/mol. The summed E-state index contributed by atoms with van der Waals surface area (Å²) in [4.78, 5) is 7.29. The van der Waals surface area contributed by atoms with E-state index in [1.54, 1.807) is 6.20 Å². The lowest BCUT2D eigenvalue weighted by molar-refractivity contribution is 0.612. The fraction of sp³-hybridized carbons (Fsp3) is 0.571. The molecule has 0 aromatic carbocycles. The van der Waals surface area contributed by atoms with Gasteiger partial charge < -0.3 is 10.3 Å². The van der Waals surface area contributed by atoms with E-state index in [2.05, 4.69) is 15.3 Å². The Kier molecular flexibility index (Phi) is 2.91. The summed E-state index contributed by atoms with van der Waals surface area (Å²) >= 11 is 0. The van der Waals surface area contributed by atoms with Crippen molar-refractivity contribution in [3.05, 3.63) is 18.2 Å². The molecule has 1 fully saturated rings. The third kappa shape index (κ3) is 1.73. The summed E-state index contributed by atoms with van der Waals surface area (Å²) in [6.07, 6.45) is 6.16. The molecule has 11 heavy (non-hydrogen) atoms. The van der Waals surface area contributed by atoms with Crippen molar-refractivity contribution >= 4 is 12.4 Å². The van der Waals surface area contributed by atoms with E-state index >= 15 is 0 Å². The zero-order valence-corrected chi connectivity index (χ0v) is 7.03. The lowest BCUT2D eigenvalue weighted by atomic mass is 10.2. The molecule has 0 radical (unpaired) electrons. The van der Waals surface area contributed by atoms with E-state index in [1.165, 1.54) is 12.8 Å². The molecule has 3 nitrogen and oxygen atoms in total. The van der Waals surface area contributed by atoms with Crippen molar-refractivity contribution in [3.63, 3.8) is 0 Å². The Morgan fingerprint density at radius 3 is 3.00 bits per heavy atom. The number of H-pyrrole nitrogens is 1. The highest BCUT2D eigenvalue weighted by Gasteiger charge is 2.17. The maximum absolute atomic E-state index is 4.18. The molecule has 0 saturated carbocycles. The summed E-state index contributed by atoms with van der Waals surface area (Å²) in [7, 11) is 0. The molecule has 0 aliphatic carbocycles. The molecule has 0 spiro atoms. The number of rotatable bonds is 1. The van der Waals surface area contributed by atoms with Gasteiger partial charge in [-0.05, 0) is 19.4 Å². The third-order valence-corrected chi connectivity index (χ3v) is 1.91. The second-order valence-electron chi connectivity index (χ2n) is 2.62. The molecular weight excluding hydrogens is 162 g/mol. The van der Waals surface area contributed by atoms with Crippen LogP contribution in [0.15, 0.2) is 12.4 Å². The van der Waals surface area contributed by atoms with Crippen LogP contribution >= 0.6 is 12.4 Å². The van der Waals surface area contributed by atoms with E-state index in [-0.39, 0.29) is 12.4 Å². The largest absolute Gasteiger partial charge is 0.347 e. The molecule has 62 valence electrons. The molecule has 0 bridgehead atoms. The Labute approximate surface area is 72.0 Å². The predicted molar refractivity (Wildman–Crippen MR) is 45.8 cm³/mol. The Balaban J connectivity index is 0.000000605. The normalized spacial score (nSPS) is 23.1. The zero-order valence-electron chi connectivity index (χ0n) is 6.21. The molecule has 4 heteroatoms. The first-order valence-corrected chi connectivity index (χ1v) is 3.69. The predicted octanol–water partition coefficient (Wildman–Crippen LogP) is 1.26. The van der Waals surface area contributed by atoms with Crippen LogP contribution in [0.3, 0.4) is 0 Å². The van der Waals surface area contributed by atoms with Crippen LogP contribution in [-0.4, -0.2) is 16.5 Å². The highest BCUT2D eigenvalue weighted by atomic mass is 35.5. The van der Waals surface area contributed by atoms with Crippen molar-refractivity contribution in [1.29, 1.82) is 0 Å². The van der Waals surface area contributed by atoms with Crippen molar-refractivity contribution in [3.8, 4) is 0 Å². The van der Waals surface area contributed by atoms with Crippen molar-refractivity contribution in [2.24, 2.45) is 0 Å². The van der Waals surface area contributed by atoms with Gasteiger partial charge in [-0.1, -0.05) is 0 Å². The quantitative estimate of drug-likeness (QED) is 0.672. The summed E-state index contributed by atoms with van der Waals surface area (Å²) in [5, 5.41) is 3.37. The Morgan fingerprint density at radius 2 is 2.45 bits per heavy atom. The molecule has 2 N–H and O–H groups in total. The summed E-state index contributed by atoms with van der Waals surface area (Å²) in [6.45, 7) is 1.13. The first kappa shape index (κ1) is 8.56. The van der Waals surface area contributed by atoms with E-state index in [0.717, 1.165) is 12.4 Å². The van der Waals surface area contributed by atoms with Gasteiger partial charge in [0.2, 0.25) is 0 Å². The van der Waals surface area contributed by atoms with Gasteiger partial charge in [0.25, 0.3) is 0 Å². The molecule has 1 aromatic rings. The van der Waals surface area contributed by atoms with Crippen LogP contribution in [0.4, 0.5) is 0 Å². The molecule has 2 heterocycles. The first-order valence-electron chi connectivity index (χ1n) is 3.69. The number of halogens is 1. The molecule has 0 amide bonds. The molecular formula is C7H12ClN3. The van der Waals surface area contributed by atoms with Crippen LogP contribution in [0.1, 0.15) is 24.7 Å². The van der Waals surface area contributed by atoms with Gasteiger partial charge in [0.15, 0.2) is 0 Å². The maximum atomic E-state index is 4.18. The van der Waals surface area contributed by atoms with Crippen molar-refractivity contribution < 1.29 is 0 Å². The maximum Gasteiger partial charge on any atom is 0.123 e. The minimum atomic E-state index is 0. The van der Waals surface area contributed by atoms with Crippen molar-refractivity contribution in [2.75, 3.05) is 6.54 Å². The lowest BCUT2D eigenvalue weighted by Gasteiger charge is -2.04. The molecule has 1 unspecified atom stereocenters. The SMILES string of the molecule is Cl.c1c[nH]c(C2CCCN2)n1. The number of hydrogen-bond acceptors (Lipinski definition) is 2. The van der Waals surface area contributed by atoms with E-state index in [0.29, 0.717) is 6.04 Å². The van der Waals surface area contributed by atoms with Gasteiger partial charge in [-0.2, -0.15) is 0 Å². The molecule has 2 rings (SSSR count). The minimum absolute atomic E-state index is 0. The smallest absolute Gasteiger partial charge is 0.123 e. The molecule has 1 aliphatic rings. The van der Waals surface area contributed by atoms with Gasteiger partial charge in [0.1, 0.15) is 5.82 Å². The highest BCUT2D eigenvalue weighted by molar-refractivity contribution is 5.85. The van der Waals surface area contributed by atoms with Gasteiger partial charge in [-0.3, -0.25) is 0 Å². The summed E-state index contributed by atoms with van der Waals surface area (Å²) in [6, 6.07) is 0.481. The summed E-state index contributed by atoms with van der Waals surface area (Å²) in [5.41, 5.74) is 0. The van der Waals surface area contributed by atoms with Crippen LogP contribution in [0, 0.1) is 0 Å². The van der Waals surface area contributed by atoms with E-state index in [9.17, 15) is 0 Å². The fourth-order valence-corrected chi connectivity index (χ4v) is 1.39. The Morgan fingerprint density at radius 1 is 1.55 bits per heavy atom. The topological polar surface area (TPSA) is 40.7 Å². The average Bonchev–Trinajstić information content (AvgIpc) is 2.59. The second-order valence-corrected chi connectivity index (χ2v) is 2.62. The van der Waals surface area contributed by atoms with Crippen LogP contribution in [-0.2, 0) is 0 Å². The second kappa shape index (κ2) is 3.74. The summed E-state index contributed by atoms with van der Waals surface area (Å²) in [5.74, 6) is 1.08. The number of hydrogen-bond donors (Lipinski definition) is 2. The van der Waals surface area contributed by atoms with Crippen LogP contribution < -0.4 is 5.32 Å².